The number of rotatable bonds is 6. The van der Waals surface area contributed by atoms with Crippen molar-refractivity contribution in [1.29, 1.82) is 5.41 Å². The van der Waals surface area contributed by atoms with Crippen molar-refractivity contribution < 1.29 is 28.6 Å². The van der Waals surface area contributed by atoms with Crippen molar-refractivity contribution in [3.8, 4) is 17.2 Å². The summed E-state index contributed by atoms with van der Waals surface area (Å²) in [5, 5.41) is 21.9. The minimum Gasteiger partial charge on any atom is -0.487 e. The normalized spacial score (nSPS) is 13.9. The average Bonchev–Trinajstić information content (AvgIpc) is 3.00. The third-order valence-electron chi connectivity index (χ3n) is 4.33. The third-order valence-corrected chi connectivity index (χ3v) is 4.33. The van der Waals surface area contributed by atoms with Gasteiger partial charge >= 0.3 is 5.97 Å². The number of halogens is 1. The van der Waals surface area contributed by atoms with Crippen LogP contribution in [0.5, 0.6) is 17.2 Å². The van der Waals surface area contributed by atoms with Crippen molar-refractivity contribution in [3.05, 3.63) is 59.3 Å². The fourth-order valence-corrected chi connectivity index (χ4v) is 3.03. The number of benzene rings is 1. The number of hydrogen-bond acceptors (Lipinski definition) is 7. The number of amidine groups is 1. The fraction of sp³-hybridized carbons (Fsp3) is 0.238. The summed E-state index contributed by atoms with van der Waals surface area (Å²) in [6.45, 7) is 3.75. The van der Waals surface area contributed by atoms with E-state index in [0.29, 0.717) is 17.7 Å². The number of aromatic carboxylic acids is 1. The first-order valence-corrected chi connectivity index (χ1v) is 9.26. The lowest BCUT2D eigenvalue weighted by Gasteiger charge is -2.16. The Labute approximate surface area is 177 Å². The summed E-state index contributed by atoms with van der Waals surface area (Å²) < 4.78 is 25.7. The second-order valence-corrected chi connectivity index (χ2v) is 7.39. The molecule has 0 saturated heterocycles. The van der Waals surface area contributed by atoms with Crippen molar-refractivity contribution >= 4 is 17.7 Å². The number of amides is 1. The Morgan fingerprint density at radius 3 is 2.74 bits per heavy atom. The van der Waals surface area contributed by atoms with Gasteiger partial charge in [-0.05, 0) is 38.3 Å². The second kappa shape index (κ2) is 8.42. The number of pyridine rings is 1. The molecule has 3 rings (SSSR count). The van der Waals surface area contributed by atoms with Gasteiger partial charge in [0.2, 0.25) is 0 Å². The van der Waals surface area contributed by atoms with Crippen LogP contribution in [0.2, 0.25) is 0 Å². The maximum atomic E-state index is 14.0. The maximum Gasteiger partial charge on any atom is 0.357 e. The highest BCUT2D eigenvalue weighted by Gasteiger charge is 2.34. The van der Waals surface area contributed by atoms with Crippen LogP contribution in [0.25, 0.3) is 0 Å². The molecule has 0 fully saturated rings. The van der Waals surface area contributed by atoms with E-state index in [9.17, 15) is 14.0 Å². The Morgan fingerprint density at radius 1 is 1.35 bits per heavy atom. The van der Waals surface area contributed by atoms with Crippen LogP contribution >= 0.6 is 0 Å². The Bertz CT molecular complexity index is 1100. The minimum atomic E-state index is -1.49. The van der Waals surface area contributed by atoms with Gasteiger partial charge in [0.25, 0.3) is 5.91 Å². The number of fused-ring (bicyclic) bond motifs is 1. The van der Waals surface area contributed by atoms with Gasteiger partial charge in [0.05, 0.1) is 6.20 Å². The molecule has 162 valence electrons. The number of nitrogens with zero attached hydrogens (tertiary/aromatic N) is 1. The summed E-state index contributed by atoms with van der Waals surface area (Å²) in [5.41, 5.74) is -0.420. The van der Waals surface area contributed by atoms with Gasteiger partial charge in [-0.25, -0.2) is 14.2 Å². The van der Waals surface area contributed by atoms with Crippen molar-refractivity contribution in [2.45, 2.75) is 25.9 Å². The van der Waals surface area contributed by atoms with Crippen molar-refractivity contribution in [2.24, 2.45) is 0 Å². The van der Waals surface area contributed by atoms with Crippen molar-refractivity contribution in [1.82, 2.24) is 15.6 Å². The van der Waals surface area contributed by atoms with Gasteiger partial charge in [0.15, 0.2) is 11.5 Å². The van der Waals surface area contributed by atoms with Crippen LogP contribution in [0.4, 0.5) is 4.39 Å². The zero-order chi connectivity index (χ0) is 22.8. The summed E-state index contributed by atoms with van der Waals surface area (Å²) in [6, 6.07) is 3.92. The minimum absolute atomic E-state index is 0.0309. The van der Waals surface area contributed by atoms with E-state index in [-0.39, 0.29) is 22.9 Å². The van der Waals surface area contributed by atoms with Gasteiger partial charge in [0.1, 0.15) is 28.7 Å². The van der Waals surface area contributed by atoms with Gasteiger partial charge in [-0.1, -0.05) is 0 Å². The SMILES string of the molecule is CN/C=C\C(=N)NC(=O)c1cc(Oc2cnc(C(=O)O)c(F)c2)c2c(c1)OC(C)(C)C2. The molecule has 9 nitrogen and oxygen atoms in total. The Morgan fingerprint density at radius 2 is 2.10 bits per heavy atom. The number of carbonyl (C=O) groups excluding carboxylic acids is 1. The smallest absolute Gasteiger partial charge is 0.357 e. The van der Waals surface area contributed by atoms with Gasteiger partial charge < -0.3 is 25.2 Å². The highest BCUT2D eigenvalue weighted by molar-refractivity contribution is 6.09. The number of carboxylic acid groups (broad SMARTS) is 1. The Kier molecular flexibility index (Phi) is 5.91. The van der Waals surface area contributed by atoms with Crippen LogP contribution in [0, 0.1) is 11.2 Å². The molecule has 4 N–H and O–H groups in total. The zero-order valence-electron chi connectivity index (χ0n) is 17.1. The zero-order valence-corrected chi connectivity index (χ0v) is 17.1. The quantitative estimate of drug-likeness (QED) is 0.411. The highest BCUT2D eigenvalue weighted by atomic mass is 19.1. The van der Waals surface area contributed by atoms with Gasteiger partial charge in [-0.2, -0.15) is 0 Å². The third kappa shape index (κ3) is 4.97. The molecule has 1 aromatic carbocycles. The molecule has 1 amide bonds. The predicted molar refractivity (Wildman–Crippen MR) is 109 cm³/mol. The summed E-state index contributed by atoms with van der Waals surface area (Å²) in [6.07, 6.45) is 4.43. The molecule has 2 aromatic rings. The molecule has 0 radical (unpaired) electrons. The van der Waals surface area contributed by atoms with Crippen LogP contribution in [0.15, 0.2) is 36.7 Å². The second-order valence-electron chi connectivity index (χ2n) is 7.39. The van der Waals surface area contributed by atoms with Crippen LogP contribution in [0.1, 0.15) is 40.3 Å². The molecule has 0 aliphatic carbocycles. The highest BCUT2D eigenvalue weighted by Crippen LogP contribution is 2.43. The lowest BCUT2D eigenvalue weighted by Crippen LogP contribution is -2.28. The number of carboxylic acids is 1. The Balaban J connectivity index is 1.95. The number of carbonyl (C=O) groups is 2. The van der Waals surface area contributed by atoms with E-state index >= 15 is 0 Å². The number of nitrogens with one attached hydrogen (secondary N) is 3. The molecular weight excluding hydrogens is 407 g/mol. The topological polar surface area (TPSA) is 134 Å². The van der Waals surface area contributed by atoms with E-state index in [2.05, 4.69) is 15.6 Å². The van der Waals surface area contributed by atoms with Crippen LogP contribution < -0.4 is 20.1 Å². The van der Waals surface area contributed by atoms with Crippen LogP contribution in [-0.2, 0) is 6.42 Å². The standard InChI is InChI=1S/C21H21FN4O5/c1-21(2)9-13-15(30-12-8-14(22)18(20(28)29)25-10-12)6-11(7-16(13)31-21)19(27)26-17(23)4-5-24-3/h4-8,10,24H,9H2,1-3H3,(H,28,29)(H2,23,26,27)/b5-4-. The Hall–Kier alpha value is -3.95. The molecule has 2 heterocycles. The molecule has 1 aromatic heterocycles. The first-order chi connectivity index (χ1) is 14.6. The van der Waals surface area contributed by atoms with E-state index in [0.717, 1.165) is 12.3 Å². The van der Waals surface area contributed by atoms with Crippen molar-refractivity contribution in [3.63, 3.8) is 0 Å². The van der Waals surface area contributed by atoms with Gasteiger partial charge in [-0.15, -0.1) is 0 Å². The molecule has 0 saturated carbocycles. The van der Waals surface area contributed by atoms with Crippen LogP contribution in [0.3, 0.4) is 0 Å². The first kappa shape index (κ1) is 21.8. The lowest BCUT2D eigenvalue weighted by molar-refractivity contribution is 0.0684. The molecule has 1 aliphatic rings. The molecule has 31 heavy (non-hydrogen) atoms. The van der Waals surface area contributed by atoms with E-state index in [4.69, 9.17) is 20.0 Å². The van der Waals surface area contributed by atoms with Gasteiger partial charge in [-0.3, -0.25) is 10.2 Å². The number of ether oxygens (including phenoxy) is 2. The van der Waals surface area contributed by atoms with E-state index in [1.165, 1.54) is 18.3 Å². The van der Waals surface area contributed by atoms with Gasteiger partial charge in [0, 0.05) is 30.7 Å². The molecule has 0 bridgehead atoms. The van der Waals surface area contributed by atoms with E-state index < -0.39 is 29.0 Å². The fourth-order valence-electron chi connectivity index (χ4n) is 3.03. The molecule has 1 aliphatic heterocycles. The maximum absolute atomic E-state index is 14.0. The molecule has 0 unspecified atom stereocenters. The van der Waals surface area contributed by atoms with E-state index in [1.54, 1.807) is 13.1 Å². The average molecular weight is 428 g/mol. The summed E-state index contributed by atoms with van der Waals surface area (Å²) in [4.78, 5) is 27.1. The van der Waals surface area contributed by atoms with Crippen molar-refractivity contribution in [2.75, 3.05) is 7.05 Å². The molecule has 0 atom stereocenters. The number of hydrogen-bond donors (Lipinski definition) is 4. The molecular formula is C21H21FN4O5. The summed E-state index contributed by atoms with van der Waals surface area (Å²) >= 11 is 0. The number of aromatic nitrogens is 1. The summed E-state index contributed by atoms with van der Waals surface area (Å²) in [5.74, 6) is -2.58. The first-order valence-electron chi connectivity index (χ1n) is 9.26. The molecule has 0 spiro atoms. The van der Waals surface area contributed by atoms with E-state index in [1.807, 2.05) is 13.8 Å². The van der Waals surface area contributed by atoms with Crippen LogP contribution in [-0.4, -0.2) is 40.5 Å². The summed E-state index contributed by atoms with van der Waals surface area (Å²) in [7, 11) is 1.66. The molecule has 10 heteroatoms. The monoisotopic (exact) mass is 428 g/mol. The largest absolute Gasteiger partial charge is 0.487 e. The lowest BCUT2D eigenvalue weighted by atomic mass is 9.99. The predicted octanol–water partition coefficient (Wildman–Crippen LogP) is 2.86.